The molecular formula is C17H26ClNO. The van der Waals surface area contributed by atoms with E-state index < -0.39 is 0 Å². The predicted octanol–water partition coefficient (Wildman–Crippen LogP) is 4.35. The van der Waals surface area contributed by atoms with Gasteiger partial charge in [-0.2, -0.15) is 0 Å². The number of aliphatic hydroxyl groups excluding tert-OH is 1. The molecule has 3 heteroatoms. The molecule has 20 heavy (non-hydrogen) atoms. The number of nitrogens with zero attached hydrogens (tertiary/aromatic N) is 1. The second-order valence-electron chi connectivity index (χ2n) is 7.55. The highest BCUT2D eigenvalue weighted by molar-refractivity contribution is 6.30. The Labute approximate surface area is 127 Å². The highest BCUT2D eigenvalue weighted by atomic mass is 35.5. The third-order valence-corrected chi connectivity index (χ3v) is 4.52. The van der Waals surface area contributed by atoms with Crippen LogP contribution in [0.3, 0.4) is 0 Å². The number of halogens is 1. The molecule has 0 aromatic heterocycles. The van der Waals surface area contributed by atoms with Gasteiger partial charge in [0.15, 0.2) is 0 Å². The lowest BCUT2D eigenvalue weighted by Gasteiger charge is -2.47. The summed E-state index contributed by atoms with van der Waals surface area (Å²) in [6, 6.07) is 7.96. The summed E-state index contributed by atoms with van der Waals surface area (Å²) < 4.78 is 0. The van der Waals surface area contributed by atoms with Gasteiger partial charge < -0.3 is 10.0 Å². The van der Waals surface area contributed by atoms with E-state index in [1.54, 1.807) is 0 Å². The van der Waals surface area contributed by atoms with Crippen LogP contribution in [0, 0.1) is 10.8 Å². The molecule has 2 nitrogen and oxygen atoms in total. The van der Waals surface area contributed by atoms with E-state index in [1.165, 1.54) is 0 Å². The van der Waals surface area contributed by atoms with Gasteiger partial charge >= 0.3 is 0 Å². The maximum atomic E-state index is 10.2. The molecule has 1 aromatic carbocycles. The maximum absolute atomic E-state index is 10.2. The monoisotopic (exact) mass is 295 g/mol. The van der Waals surface area contributed by atoms with Crippen LogP contribution in [-0.2, 0) is 0 Å². The third kappa shape index (κ3) is 3.89. The first kappa shape index (κ1) is 15.7. The van der Waals surface area contributed by atoms with Crippen LogP contribution in [0.2, 0.25) is 5.02 Å². The van der Waals surface area contributed by atoms with Crippen molar-refractivity contribution < 1.29 is 5.11 Å². The predicted molar refractivity (Wildman–Crippen MR) is 86.5 cm³/mol. The summed E-state index contributed by atoms with van der Waals surface area (Å²) >= 11 is 6.07. The Kier molecular flexibility index (Phi) is 4.36. The van der Waals surface area contributed by atoms with Crippen molar-refractivity contribution in [2.75, 3.05) is 18.5 Å². The minimum Gasteiger partial charge on any atom is -0.393 e. The zero-order chi connectivity index (χ0) is 15.0. The number of benzene rings is 1. The van der Waals surface area contributed by atoms with Gasteiger partial charge in [-0.15, -0.1) is 0 Å². The molecule has 0 bridgehead atoms. The molecule has 1 N–H and O–H groups in total. The van der Waals surface area contributed by atoms with Gasteiger partial charge in [0.1, 0.15) is 0 Å². The second-order valence-corrected chi connectivity index (χ2v) is 7.99. The molecule has 0 saturated heterocycles. The van der Waals surface area contributed by atoms with Crippen molar-refractivity contribution in [2.45, 2.75) is 46.1 Å². The Balaban J connectivity index is 2.11. The fourth-order valence-corrected chi connectivity index (χ4v) is 4.26. The summed E-state index contributed by atoms with van der Waals surface area (Å²) in [5.74, 6) is 0. The Hall–Kier alpha value is -0.730. The van der Waals surface area contributed by atoms with Crippen LogP contribution in [-0.4, -0.2) is 24.8 Å². The molecule has 2 atom stereocenters. The summed E-state index contributed by atoms with van der Waals surface area (Å²) in [5, 5.41) is 10.9. The molecule has 1 aromatic rings. The van der Waals surface area contributed by atoms with E-state index in [-0.39, 0.29) is 16.9 Å². The minimum atomic E-state index is -0.184. The summed E-state index contributed by atoms with van der Waals surface area (Å²) in [6.07, 6.45) is 2.74. The van der Waals surface area contributed by atoms with Crippen molar-refractivity contribution >= 4 is 17.3 Å². The first-order chi connectivity index (χ1) is 9.19. The third-order valence-electron chi connectivity index (χ3n) is 4.29. The first-order valence-corrected chi connectivity index (χ1v) is 7.72. The van der Waals surface area contributed by atoms with Crippen LogP contribution in [0.25, 0.3) is 0 Å². The highest BCUT2D eigenvalue weighted by Gasteiger charge is 2.41. The Morgan fingerprint density at radius 3 is 2.60 bits per heavy atom. The van der Waals surface area contributed by atoms with Crippen LogP contribution in [0.15, 0.2) is 24.3 Å². The van der Waals surface area contributed by atoms with Crippen LogP contribution in [0.5, 0.6) is 0 Å². The summed E-state index contributed by atoms with van der Waals surface area (Å²) in [7, 11) is 2.10. The summed E-state index contributed by atoms with van der Waals surface area (Å²) in [6.45, 7) is 7.74. The lowest BCUT2D eigenvalue weighted by molar-refractivity contribution is -0.00536. The van der Waals surface area contributed by atoms with Crippen LogP contribution >= 0.6 is 11.6 Å². The van der Waals surface area contributed by atoms with Gasteiger partial charge in [-0.1, -0.05) is 38.4 Å². The Morgan fingerprint density at radius 1 is 1.30 bits per heavy atom. The van der Waals surface area contributed by atoms with Crippen molar-refractivity contribution in [2.24, 2.45) is 10.8 Å². The van der Waals surface area contributed by atoms with E-state index in [2.05, 4.69) is 38.8 Å². The molecule has 0 spiro atoms. The SMILES string of the molecule is CN(CC1(C)CC(O)CC(C)(C)C1)c1cccc(Cl)c1. The smallest absolute Gasteiger partial charge is 0.0551 e. The van der Waals surface area contributed by atoms with Crippen molar-refractivity contribution in [1.29, 1.82) is 0 Å². The first-order valence-electron chi connectivity index (χ1n) is 7.34. The van der Waals surface area contributed by atoms with Crippen LogP contribution < -0.4 is 4.90 Å². The minimum absolute atomic E-state index is 0.137. The molecule has 1 aliphatic carbocycles. The molecule has 112 valence electrons. The fourth-order valence-electron chi connectivity index (χ4n) is 4.08. The average molecular weight is 296 g/mol. The normalized spacial score (nSPS) is 29.2. The van der Waals surface area contributed by atoms with Gasteiger partial charge in [0.05, 0.1) is 6.10 Å². The average Bonchev–Trinajstić information content (AvgIpc) is 2.24. The molecule has 1 saturated carbocycles. The number of aliphatic hydroxyl groups is 1. The molecule has 0 aliphatic heterocycles. The number of hydrogen-bond acceptors (Lipinski definition) is 2. The topological polar surface area (TPSA) is 23.5 Å². The molecule has 2 rings (SSSR count). The molecular weight excluding hydrogens is 270 g/mol. The van der Waals surface area contributed by atoms with E-state index in [0.717, 1.165) is 36.5 Å². The summed E-state index contributed by atoms with van der Waals surface area (Å²) in [4.78, 5) is 2.25. The van der Waals surface area contributed by atoms with E-state index in [9.17, 15) is 5.11 Å². The Morgan fingerprint density at radius 2 is 2.00 bits per heavy atom. The number of anilines is 1. The second kappa shape index (κ2) is 5.57. The zero-order valence-corrected chi connectivity index (χ0v) is 13.7. The fraction of sp³-hybridized carbons (Fsp3) is 0.647. The number of rotatable bonds is 3. The molecule has 2 unspecified atom stereocenters. The zero-order valence-electron chi connectivity index (χ0n) is 13.0. The van der Waals surface area contributed by atoms with E-state index >= 15 is 0 Å². The standard InChI is InChI=1S/C17H26ClNO/c1-16(2)9-15(20)10-17(3,11-16)12-19(4)14-7-5-6-13(18)8-14/h5-8,15,20H,9-12H2,1-4H3. The van der Waals surface area contributed by atoms with Crippen molar-refractivity contribution in [1.82, 2.24) is 0 Å². The molecule has 1 fully saturated rings. The molecule has 1 aliphatic rings. The van der Waals surface area contributed by atoms with Crippen LogP contribution in [0.4, 0.5) is 5.69 Å². The van der Waals surface area contributed by atoms with Gasteiger partial charge in [0, 0.05) is 24.3 Å². The van der Waals surface area contributed by atoms with Gasteiger partial charge in [-0.25, -0.2) is 0 Å². The molecule has 0 heterocycles. The van der Waals surface area contributed by atoms with Crippen molar-refractivity contribution in [3.63, 3.8) is 0 Å². The van der Waals surface area contributed by atoms with E-state index in [0.29, 0.717) is 0 Å². The van der Waals surface area contributed by atoms with Gasteiger partial charge in [-0.3, -0.25) is 0 Å². The van der Waals surface area contributed by atoms with E-state index in [1.807, 2.05) is 18.2 Å². The highest BCUT2D eigenvalue weighted by Crippen LogP contribution is 2.46. The van der Waals surface area contributed by atoms with Gasteiger partial charge in [-0.05, 0) is 48.3 Å². The molecule has 0 radical (unpaired) electrons. The summed E-state index contributed by atoms with van der Waals surface area (Å²) in [5.41, 5.74) is 1.48. The van der Waals surface area contributed by atoms with Gasteiger partial charge in [0.25, 0.3) is 0 Å². The lowest BCUT2D eigenvalue weighted by Crippen LogP contribution is -2.44. The van der Waals surface area contributed by atoms with Gasteiger partial charge in [0.2, 0.25) is 0 Å². The Bertz CT molecular complexity index is 474. The lowest BCUT2D eigenvalue weighted by atomic mass is 9.63. The van der Waals surface area contributed by atoms with Crippen LogP contribution in [0.1, 0.15) is 40.0 Å². The van der Waals surface area contributed by atoms with E-state index in [4.69, 9.17) is 11.6 Å². The molecule has 0 amide bonds. The van der Waals surface area contributed by atoms with Crippen molar-refractivity contribution in [3.8, 4) is 0 Å². The maximum Gasteiger partial charge on any atom is 0.0551 e. The number of hydrogen-bond donors (Lipinski definition) is 1. The quantitative estimate of drug-likeness (QED) is 0.896. The van der Waals surface area contributed by atoms with Crippen molar-refractivity contribution in [3.05, 3.63) is 29.3 Å². The largest absolute Gasteiger partial charge is 0.393 e.